The molecule has 2 heterocycles. The van der Waals surface area contributed by atoms with Crippen LogP contribution in [0.3, 0.4) is 0 Å². The number of esters is 1. The molecule has 2 aliphatic heterocycles. The van der Waals surface area contributed by atoms with E-state index in [1.807, 2.05) is 13.8 Å². The van der Waals surface area contributed by atoms with Gasteiger partial charge in [-0.05, 0) is 6.42 Å². The first-order valence-electron chi connectivity index (χ1n) is 5.12. The molecule has 0 aromatic heterocycles. The molecular formula is C10H16O4. The zero-order valence-electron chi connectivity index (χ0n) is 8.56. The predicted molar refractivity (Wildman–Crippen MR) is 48.8 cm³/mol. The summed E-state index contributed by atoms with van der Waals surface area (Å²) in [6.07, 6.45) is 0.829. The van der Waals surface area contributed by atoms with E-state index in [-0.39, 0.29) is 30.2 Å². The first-order valence-corrected chi connectivity index (χ1v) is 5.12. The molecule has 0 spiro atoms. The second kappa shape index (κ2) is 3.87. The first kappa shape index (κ1) is 9.93. The largest absolute Gasteiger partial charge is 0.457 e. The van der Waals surface area contributed by atoms with Crippen molar-refractivity contribution in [2.24, 2.45) is 5.92 Å². The fourth-order valence-electron chi connectivity index (χ4n) is 1.82. The molecule has 0 bridgehead atoms. The summed E-state index contributed by atoms with van der Waals surface area (Å²) in [7, 11) is 0. The lowest BCUT2D eigenvalue weighted by atomic mass is 10.1. The topological polar surface area (TPSA) is 44.8 Å². The van der Waals surface area contributed by atoms with E-state index in [1.54, 1.807) is 0 Å². The Hall–Kier alpha value is -0.610. The molecule has 14 heavy (non-hydrogen) atoms. The van der Waals surface area contributed by atoms with Crippen LogP contribution in [0.15, 0.2) is 0 Å². The van der Waals surface area contributed by atoms with Crippen molar-refractivity contribution in [1.82, 2.24) is 0 Å². The van der Waals surface area contributed by atoms with E-state index < -0.39 is 0 Å². The van der Waals surface area contributed by atoms with Crippen molar-refractivity contribution in [2.45, 2.75) is 38.6 Å². The second-order valence-corrected chi connectivity index (χ2v) is 4.13. The summed E-state index contributed by atoms with van der Waals surface area (Å²) in [6.45, 7) is 4.84. The van der Waals surface area contributed by atoms with Crippen LogP contribution in [0.5, 0.6) is 0 Å². The van der Waals surface area contributed by atoms with Gasteiger partial charge in [-0.15, -0.1) is 0 Å². The molecule has 0 saturated carbocycles. The van der Waals surface area contributed by atoms with Crippen LogP contribution in [0.2, 0.25) is 0 Å². The van der Waals surface area contributed by atoms with E-state index >= 15 is 0 Å². The van der Waals surface area contributed by atoms with Crippen molar-refractivity contribution in [3.8, 4) is 0 Å². The standard InChI is InChI=1S/C10H16O4/c1-6(2)10(11)14-8-5-13-7-3-4-12-9(7)8/h6-9H,3-5H2,1-2H3/t7?,8-,9?/m0/s1. The number of ether oxygens (including phenoxy) is 3. The maximum Gasteiger partial charge on any atom is 0.308 e. The smallest absolute Gasteiger partial charge is 0.308 e. The highest BCUT2D eigenvalue weighted by Gasteiger charge is 2.44. The van der Waals surface area contributed by atoms with Gasteiger partial charge in [0, 0.05) is 6.61 Å². The number of hydrogen-bond acceptors (Lipinski definition) is 4. The van der Waals surface area contributed by atoms with Gasteiger partial charge < -0.3 is 14.2 Å². The van der Waals surface area contributed by atoms with E-state index in [4.69, 9.17) is 14.2 Å². The fraction of sp³-hybridized carbons (Fsp3) is 0.900. The van der Waals surface area contributed by atoms with Crippen LogP contribution in [0, 0.1) is 5.92 Å². The summed E-state index contributed by atoms with van der Waals surface area (Å²) >= 11 is 0. The van der Waals surface area contributed by atoms with Crippen molar-refractivity contribution < 1.29 is 19.0 Å². The SMILES string of the molecule is CC(C)C(=O)O[C@H]1COC2CCOC21. The van der Waals surface area contributed by atoms with Crippen LogP contribution >= 0.6 is 0 Å². The third-order valence-electron chi connectivity index (χ3n) is 2.66. The third kappa shape index (κ3) is 1.77. The molecule has 0 aromatic rings. The van der Waals surface area contributed by atoms with Gasteiger partial charge in [-0.25, -0.2) is 0 Å². The van der Waals surface area contributed by atoms with E-state index in [9.17, 15) is 4.79 Å². The molecule has 3 atom stereocenters. The molecule has 2 unspecified atom stereocenters. The van der Waals surface area contributed by atoms with Gasteiger partial charge in [0.15, 0.2) is 6.10 Å². The first-order chi connectivity index (χ1) is 6.68. The van der Waals surface area contributed by atoms with Gasteiger partial charge in [0.05, 0.1) is 18.6 Å². The number of carbonyl (C=O) groups excluding carboxylic acids is 1. The zero-order chi connectivity index (χ0) is 10.1. The summed E-state index contributed by atoms with van der Waals surface area (Å²) < 4.78 is 16.2. The molecule has 0 amide bonds. The predicted octanol–water partition coefficient (Wildman–Crippen LogP) is 0.742. The van der Waals surface area contributed by atoms with Gasteiger partial charge in [-0.2, -0.15) is 0 Å². The average molecular weight is 200 g/mol. The van der Waals surface area contributed by atoms with Crippen molar-refractivity contribution in [1.29, 1.82) is 0 Å². The normalized spacial score (nSPS) is 36.1. The Morgan fingerprint density at radius 2 is 2.21 bits per heavy atom. The van der Waals surface area contributed by atoms with Crippen molar-refractivity contribution in [3.05, 3.63) is 0 Å². The minimum absolute atomic E-state index is 0.0299. The lowest BCUT2D eigenvalue weighted by Crippen LogP contribution is -2.33. The van der Waals surface area contributed by atoms with Crippen LogP contribution in [0.25, 0.3) is 0 Å². The second-order valence-electron chi connectivity index (χ2n) is 4.13. The Labute approximate surface area is 83.5 Å². The lowest BCUT2D eigenvalue weighted by Gasteiger charge is -2.17. The number of fused-ring (bicyclic) bond motifs is 1. The van der Waals surface area contributed by atoms with Crippen molar-refractivity contribution >= 4 is 5.97 Å². The Morgan fingerprint density at radius 3 is 2.93 bits per heavy atom. The van der Waals surface area contributed by atoms with E-state index in [1.165, 1.54) is 0 Å². The Bertz CT molecular complexity index is 226. The summed E-state index contributed by atoms with van der Waals surface area (Å²) in [5.41, 5.74) is 0. The summed E-state index contributed by atoms with van der Waals surface area (Å²) in [4.78, 5) is 11.4. The van der Waals surface area contributed by atoms with E-state index in [0.29, 0.717) is 13.2 Å². The molecule has 0 aromatic carbocycles. The Morgan fingerprint density at radius 1 is 1.43 bits per heavy atom. The molecule has 2 aliphatic rings. The molecular weight excluding hydrogens is 184 g/mol. The molecule has 0 radical (unpaired) electrons. The molecule has 2 fully saturated rings. The van der Waals surface area contributed by atoms with Gasteiger partial charge in [0.25, 0.3) is 0 Å². The molecule has 4 heteroatoms. The third-order valence-corrected chi connectivity index (χ3v) is 2.66. The molecule has 0 aliphatic carbocycles. The summed E-state index contributed by atoms with van der Waals surface area (Å²) in [5.74, 6) is -0.259. The molecule has 4 nitrogen and oxygen atoms in total. The number of hydrogen-bond donors (Lipinski definition) is 0. The molecule has 80 valence electrons. The quantitative estimate of drug-likeness (QED) is 0.617. The fourth-order valence-corrected chi connectivity index (χ4v) is 1.82. The van der Waals surface area contributed by atoms with Gasteiger partial charge in [0.2, 0.25) is 0 Å². The van der Waals surface area contributed by atoms with E-state index in [0.717, 1.165) is 6.42 Å². The van der Waals surface area contributed by atoms with Crippen molar-refractivity contribution in [3.63, 3.8) is 0 Å². The molecule has 0 N–H and O–H groups in total. The van der Waals surface area contributed by atoms with Gasteiger partial charge in [-0.3, -0.25) is 4.79 Å². The highest BCUT2D eigenvalue weighted by atomic mass is 16.6. The number of carbonyl (C=O) groups is 1. The van der Waals surface area contributed by atoms with Crippen LogP contribution < -0.4 is 0 Å². The van der Waals surface area contributed by atoms with Crippen LogP contribution in [-0.2, 0) is 19.0 Å². The maximum atomic E-state index is 11.4. The molecule has 2 saturated heterocycles. The highest BCUT2D eigenvalue weighted by molar-refractivity contribution is 5.71. The summed E-state index contributed by atoms with van der Waals surface area (Å²) in [5, 5.41) is 0. The average Bonchev–Trinajstić information content (AvgIpc) is 2.69. The van der Waals surface area contributed by atoms with Crippen LogP contribution in [0.4, 0.5) is 0 Å². The van der Waals surface area contributed by atoms with Crippen molar-refractivity contribution in [2.75, 3.05) is 13.2 Å². The van der Waals surface area contributed by atoms with Crippen LogP contribution in [-0.4, -0.2) is 37.5 Å². The summed E-state index contributed by atoms with van der Waals surface area (Å²) in [6, 6.07) is 0. The Balaban J connectivity index is 1.90. The Kier molecular flexibility index (Phi) is 2.74. The van der Waals surface area contributed by atoms with Gasteiger partial charge in [-0.1, -0.05) is 13.8 Å². The lowest BCUT2D eigenvalue weighted by molar-refractivity contribution is -0.157. The maximum absolute atomic E-state index is 11.4. The minimum atomic E-state index is -0.197. The van der Waals surface area contributed by atoms with Gasteiger partial charge in [0.1, 0.15) is 6.10 Å². The van der Waals surface area contributed by atoms with E-state index in [2.05, 4.69) is 0 Å². The minimum Gasteiger partial charge on any atom is -0.457 e. The van der Waals surface area contributed by atoms with Gasteiger partial charge >= 0.3 is 5.97 Å². The van der Waals surface area contributed by atoms with Crippen LogP contribution in [0.1, 0.15) is 20.3 Å². The molecule has 2 rings (SSSR count). The number of rotatable bonds is 2. The zero-order valence-corrected chi connectivity index (χ0v) is 8.56. The highest BCUT2D eigenvalue weighted by Crippen LogP contribution is 2.28. The monoisotopic (exact) mass is 200 g/mol.